The Balaban J connectivity index is 1.44. The SMILES string of the molecule is Cc1noc2nc(C(C)C)cc(C(=O)NCCN3CCc4ccccc4C3)c12. The summed E-state index contributed by atoms with van der Waals surface area (Å²) >= 11 is 0. The van der Waals surface area contributed by atoms with Gasteiger partial charge in [-0.05, 0) is 36.5 Å². The minimum absolute atomic E-state index is 0.0991. The van der Waals surface area contributed by atoms with Crippen molar-refractivity contribution in [1.29, 1.82) is 0 Å². The highest BCUT2D eigenvalue weighted by Crippen LogP contribution is 2.25. The first-order chi connectivity index (χ1) is 13.5. The van der Waals surface area contributed by atoms with E-state index in [4.69, 9.17) is 4.52 Å². The van der Waals surface area contributed by atoms with Gasteiger partial charge in [-0.25, -0.2) is 4.98 Å². The summed E-state index contributed by atoms with van der Waals surface area (Å²) < 4.78 is 5.31. The van der Waals surface area contributed by atoms with Crippen molar-refractivity contribution < 1.29 is 9.32 Å². The molecule has 1 aromatic carbocycles. The Morgan fingerprint density at radius 1 is 1.29 bits per heavy atom. The van der Waals surface area contributed by atoms with Crippen LogP contribution in [0.2, 0.25) is 0 Å². The van der Waals surface area contributed by atoms with E-state index < -0.39 is 0 Å². The maximum absolute atomic E-state index is 12.9. The summed E-state index contributed by atoms with van der Waals surface area (Å²) in [6, 6.07) is 10.4. The van der Waals surface area contributed by atoms with Crippen molar-refractivity contribution in [1.82, 2.24) is 20.4 Å². The zero-order valence-corrected chi connectivity index (χ0v) is 16.7. The van der Waals surface area contributed by atoms with Crippen LogP contribution in [0.3, 0.4) is 0 Å². The number of aryl methyl sites for hydroxylation is 1. The van der Waals surface area contributed by atoms with Gasteiger partial charge in [0.15, 0.2) is 0 Å². The molecule has 0 radical (unpaired) electrons. The number of benzene rings is 1. The van der Waals surface area contributed by atoms with Crippen LogP contribution >= 0.6 is 0 Å². The second-order valence-corrected chi connectivity index (χ2v) is 7.75. The molecule has 4 rings (SSSR count). The highest BCUT2D eigenvalue weighted by atomic mass is 16.5. The molecule has 0 aliphatic carbocycles. The van der Waals surface area contributed by atoms with Gasteiger partial charge < -0.3 is 9.84 Å². The van der Waals surface area contributed by atoms with Crippen molar-refractivity contribution in [3.05, 3.63) is 58.4 Å². The monoisotopic (exact) mass is 378 g/mol. The van der Waals surface area contributed by atoms with Gasteiger partial charge in [0, 0.05) is 31.9 Å². The first-order valence-electron chi connectivity index (χ1n) is 9.87. The van der Waals surface area contributed by atoms with Crippen LogP contribution in [0.5, 0.6) is 0 Å². The van der Waals surface area contributed by atoms with Crippen molar-refractivity contribution >= 4 is 17.0 Å². The van der Waals surface area contributed by atoms with Crippen molar-refractivity contribution in [2.75, 3.05) is 19.6 Å². The van der Waals surface area contributed by atoms with Gasteiger partial charge in [-0.2, -0.15) is 0 Å². The second kappa shape index (κ2) is 7.72. The van der Waals surface area contributed by atoms with Crippen LogP contribution in [0, 0.1) is 6.92 Å². The van der Waals surface area contributed by atoms with Gasteiger partial charge >= 0.3 is 0 Å². The smallest absolute Gasteiger partial charge is 0.259 e. The Morgan fingerprint density at radius 2 is 2.07 bits per heavy atom. The molecular formula is C22H26N4O2. The molecule has 0 atom stereocenters. The second-order valence-electron chi connectivity index (χ2n) is 7.75. The first-order valence-corrected chi connectivity index (χ1v) is 9.87. The van der Waals surface area contributed by atoms with E-state index in [0.717, 1.165) is 31.7 Å². The number of carbonyl (C=O) groups excluding carboxylic acids is 1. The maximum Gasteiger partial charge on any atom is 0.259 e. The van der Waals surface area contributed by atoms with Crippen molar-refractivity contribution in [3.8, 4) is 0 Å². The molecule has 1 amide bonds. The number of amides is 1. The molecule has 1 aliphatic rings. The highest BCUT2D eigenvalue weighted by Gasteiger charge is 2.20. The van der Waals surface area contributed by atoms with Gasteiger partial charge in [0.1, 0.15) is 0 Å². The first kappa shape index (κ1) is 18.6. The Hall–Kier alpha value is -2.73. The predicted molar refractivity (Wildman–Crippen MR) is 108 cm³/mol. The third-order valence-electron chi connectivity index (χ3n) is 5.40. The summed E-state index contributed by atoms with van der Waals surface area (Å²) in [7, 11) is 0. The van der Waals surface area contributed by atoms with Crippen LogP contribution in [-0.2, 0) is 13.0 Å². The van der Waals surface area contributed by atoms with E-state index in [9.17, 15) is 4.79 Å². The zero-order valence-electron chi connectivity index (χ0n) is 16.7. The van der Waals surface area contributed by atoms with E-state index in [2.05, 4.69) is 44.6 Å². The molecule has 0 fully saturated rings. The van der Waals surface area contributed by atoms with Gasteiger partial charge in [-0.15, -0.1) is 0 Å². The molecule has 0 saturated heterocycles. The fourth-order valence-electron chi connectivity index (χ4n) is 3.76. The van der Waals surface area contributed by atoms with E-state index >= 15 is 0 Å². The summed E-state index contributed by atoms with van der Waals surface area (Å²) in [6.07, 6.45) is 1.06. The lowest BCUT2D eigenvalue weighted by molar-refractivity contribution is 0.0948. The molecule has 0 saturated carbocycles. The Labute approximate surface area is 164 Å². The Morgan fingerprint density at radius 3 is 2.86 bits per heavy atom. The molecule has 0 unspecified atom stereocenters. The minimum atomic E-state index is -0.0991. The lowest BCUT2D eigenvalue weighted by Gasteiger charge is -2.28. The molecule has 0 bridgehead atoms. The lowest BCUT2D eigenvalue weighted by atomic mass is 10.00. The largest absolute Gasteiger partial charge is 0.351 e. The average Bonchev–Trinajstić information content (AvgIpc) is 3.08. The minimum Gasteiger partial charge on any atom is -0.351 e. The number of aromatic nitrogens is 2. The number of rotatable bonds is 5. The fourth-order valence-corrected chi connectivity index (χ4v) is 3.76. The van der Waals surface area contributed by atoms with Gasteiger partial charge in [0.2, 0.25) is 0 Å². The number of nitrogens with one attached hydrogen (secondary N) is 1. The molecule has 0 spiro atoms. The van der Waals surface area contributed by atoms with E-state index in [1.807, 2.05) is 26.8 Å². The molecule has 1 aliphatic heterocycles. The third-order valence-corrected chi connectivity index (χ3v) is 5.40. The number of fused-ring (bicyclic) bond motifs is 2. The van der Waals surface area contributed by atoms with Crippen molar-refractivity contribution in [2.45, 2.75) is 39.7 Å². The number of pyridine rings is 1. The van der Waals surface area contributed by atoms with Gasteiger partial charge in [0.25, 0.3) is 11.6 Å². The molecule has 6 heteroatoms. The summed E-state index contributed by atoms with van der Waals surface area (Å²) in [6.45, 7) is 9.33. The van der Waals surface area contributed by atoms with Crippen molar-refractivity contribution in [2.24, 2.45) is 0 Å². The summed E-state index contributed by atoms with van der Waals surface area (Å²) in [5.41, 5.74) is 5.37. The zero-order chi connectivity index (χ0) is 19.7. The van der Waals surface area contributed by atoms with Crippen LogP contribution in [-0.4, -0.2) is 40.6 Å². The molecule has 1 N–H and O–H groups in total. The van der Waals surface area contributed by atoms with Crippen LogP contribution in [0.25, 0.3) is 11.1 Å². The summed E-state index contributed by atoms with van der Waals surface area (Å²) in [5, 5.41) is 7.76. The highest BCUT2D eigenvalue weighted by molar-refractivity contribution is 6.06. The molecule has 6 nitrogen and oxygen atoms in total. The van der Waals surface area contributed by atoms with E-state index in [1.165, 1.54) is 11.1 Å². The summed E-state index contributed by atoms with van der Waals surface area (Å²) in [4.78, 5) is 19.8. The molecule has 3 heterocycles. The lowest BCUT2D eigenvalue weighted by Crippen LogP contribution is -2.37. The molecular weight excluding hydrogens is 352 g/mol. The number of nitrogens with zero attached hydrogens (tertiary/aromatic N) is 3. The molecule has 28 heavy (non-hydrogen) atoms. The maximum atomic E-state index is 12.9. The fraction of sp³-hybridized carbons (Fsp3) is 0.409. The summed E-state index contributed by atoms with van der Waals surface area (Å²) in [5.74, 6) is 0.104. The van der Waals surface area contributed by atoms with Crippen LogP contribution < -0.4 is 5.32 Å². The predicted octanol–water partition coefficient (Wildman–Crippen LogP) is 3.44. The standard InChI is InChI=1S/C22H26N4O2/c1-14(2)19-12-18(20-15(3)25-28-22(20)24-19)21(27)23-9-11-26-10-8-16-6-4-5-7-17(16)13-26/h4-7,12,14H,8-11,13H2,1-3H3,(H,23,27). The van der Waals surface area contributed by atoms with Crippen LogP contribution in [0.4, 0.5) is 0 Å². The van der Waals surface area contributed by atoms with Gasteiger partial charge in [0.05, 0.1) is 16.6 Å². The third kappa shape index (κ3) is 3.64. The van der Waals surface area contributed by atoms with E-state index in [1.54, 1.807) is 0 Å². The quantitative estimate of drug-likeness (QED) is 0.736. The van der Waals surface area contributed by atoms with E-state index in [0.29, 0.717) is 28.9 Å². The molecule has 2 aromatic heterocycles. The normalized spacial score (nSPS) is 14.4. The van der Waals surface area contributed by atoms with Crippen LogP contribution in [0.1, 0.15) is 52.6 Å². The van der Waals surface area contributed by atoms with Gasteiger partial charge in [-0.1, -0.05) is 43.3 Å². The Kier molecular flexibility index (Phi) is 5.13. The van der Waals surface area contributed by atoms with Gasteiger partial charge in [-0.3, -0.25) is 9.69 Å². The van der Waals surface area contributed by atoms with Crippen molar-refractivity contribution in [3.63, 3.8) is 0 Å². The van der Waals surface area contributed by atoms with Crippen LogP contribution in [0.15, 0.2) is 34.9 Å². The topological polar surface area (TPSA) is 71.3 Å². The average molecular weight is 378 g/mol. The molecule has 146 valence electrons. The van der Waals surface area contributed by atoms with E-state index in [-0.39, 0.29) is 11.8 Å². The Bertz CT molecular complexity index is 1010. The number of hydrogen-bond donors (Lipinski definition) is 1. The molecule has 3 aromatic rings. The number of hydrogen-bond acceptors (Lipinski definition) is 5. The number of carbonyl (C=O) groups is 1.